The largest absolute Gasteiger partial charge is 0.299 e. The molecule has 0 aromatic heterocycles. The summed E-state index contributed by atoms with van der Waals surface area (Å²) in [5.74, 6) is -1.49. The zero-order valence-corrected chi connectivity index (χ0v) is 11.0. The molecule has 2 rings (SSSR count). The molecular formula is C12H10BrNO4. The standard InChI is InChI=1S/C12H10BrNO4/c13-6-7(15)4-5-14-11(17)8-2-1-3-9(16)10(8)12(14)18/h1-2H,3-6H2. The number of alkyl halides is 1. The minimum atomic E-state index is -0.577. The van der Waals surface area contributed by atoms with E-state index in [1.54, 1.807) is 6.08 Å². The van der Waals surface area contributed by atoms with Gasteiger partial charge in [0.25, 0.3) is 11.8 Å². The Bertz CT molecular complexity index is 518. The first kappa shape index (κ1) is 12.9. The van der Waals surface area contributed by atoms with Gasteiger partial charge >= 0.3 is 0 Å². The van der Waals surface area contributed by atoms with Gasteiger partial charge in [-0.1, -0.05) is 28.1 Å². The van der Waals surface area contributed by atoms with E-state index in [-0.39, 0.29) is 47.4 Å². The minimum absolute atomic E-state index is 0.0240. The maximum absolute atomic E-state index is 11.9. The van der Waals surface area contributed by atoms with E-state index in [2.05, 4.69) is 15.9 Å². The lowest BCUT2D eigenvalue weighted by atomic mass is 9.98. The van der Waals surface area contributed by atoms with Gasteiger partial charge in [-0.25, -0.2) is 0 Å². The first-order valence-corrected chi connectivity index (χ1v) is 6.56. The van der Waals surface area contributed by atoms with Crippen molar-refractivity contribution >= 4 is 39.3 Å². The van der Waals surface area contributed by atoms with Crippen LogP contribution < -0.4 is 0 Å². The molecule has 0 saturated carbocycles. The molecule has 1 aliphatic carbocycles. The highest BCUT2D eigenvalue weighted by atomic mass is 79.9. The molecule has 0 atom stereocenters. The maximum atomic E-state index is 11.9. The molecule has 6 heteroatoms. The van der Waals surface area contributed by atoms with Crippen molar-refractivity contribution in [1.29, 1.82) is 0 Å². The van der Waals surface area contributed by atoms with Crippen LogP contribution in [0.15, 0.2) is 23.3 Å². The fraction of sp³-hybridized carbons (Fsp3) is 0.333. The Morgan fingerprint density at radius 1 is 1.28 bits per heavy atom. The molecular weight excluding hydrogens is 302 g/mol. The summed E-state index contributed by atoms with van der Waals surface area (Å²) in [5, 5.41) is 0.190. The lowest BCUT2D eigenvalue weighted by Crippen LogP contribution is -2.34. The van der Waals surface area contributed by atoms with E-state index in [1.807, 2.05) is 0 Å². The summed E-state index contributed by atoms with van der Waals surface area (Å²) in [4.78, 5) is 47.6. The molecule has 0 fully saturated rings. The van der Waals surface area contributed by atoms with Crippen molar-refractivity contribution in [2.75, 3.05) is 11.9 Å². The summed E-state index contributed by atoms with van der Waals surface area (Å²) in [5.41, 5.74) is 0.122. The summed E-state index contributed by atoms with van der Waals surface area (Å²) >= 11 is 3.01. The first-order valence-electron chi connectivity index (χ1n) is 5.44. The van der Waals surface area contributed by atoms with Crippen molar-refractivity contribution in [2.24, 2.45) is 0 Å². The molecule has 5 nitrogen and oxygen atoms in total. The molecule has 0 bridgehead atoms. The van der Waals surface area contributed by atoms with E-state index in [0.717, 1.165) is 4.90 Å². The molecule has 0 unspecified atom stereocenters. The maximum Gasteiger partial charge on any atom is 0.265 e. The number of carbonyl (C=O) groups excluding carboxylic acids is 4. The molecule has 0 aromatic rings. The summed E-state index contributed by atoms with van der Waals surface area (Å²) < 4.78 is 0. The van der Waals surface area contributed by atoms with Crippen LogP contribution in [0.2, 0.25) is 0 Å². The number of allylic oxidation sites excluding steroid dienone is 1. The van der Waals surface area contributed by atoms with Crippen molar-refractivity contribution in [2.45, 2.75) is 12.8 Å². The van der Waals surface area contributed by atoms with Crippen molar-refractivity contribution in [3.8, 4) is 0 Å². The van der Waals surface area contributed by atoms with E-state index in [1.165, 1.54) is 6.08 Å². The van der Waals surface area contributed by atoms with E-state index in [9.17, 15) is 19.2 Å². The fourth-order valence-electron chi connectivity index (χ4n) is 1.91. The Labute approximate surface area is 112 Å². The molecule has 0 N–H and O–H groups in total. The summed E-state index contributed by atoms with van der Waals surface area (Å²) in [6, 6.07) is 0. The van der Waals surface area contributed by atoms with Crippen LogP contribution in [-0.2, 0) is 19.2 Å². The Balaban J connectivity index is 2.17. The molecule has 2 aliphatic rings. The van der Waals surface area contributed by atoms with E-state index in [4.69, 9.17) is 0 Å². The van der Waals surface area contributed by atoms with Gasteiger partial charge in [0.05, 0.1) is 16.5 Å². The zero-order valence-electron chi connectivity index (χ0n) is 9.44. The van der Waals surface area contributed by atoms with Crippen LogP contribution in [0.1, 0.15) is 12.8 Å². The smallest absolute Gasteiger partial charge is 0.265 e. The minimum Gasteiger partial charge on any atom is -0.299 e. The van der Waals surface area contributed by atoms with Crippen molar-refractivity contribution in [3.05, 3.63) is 23.3 Å². The molecule has 1 aliphatic heterocycles. The number of imide groups is 1. The van der Waals surface area contributed by atoms with E-state index in [0.29, 0.717) is 0 Å². The van der Waals surface area contributed by atoms with Gasteiger partial charge in [-0.2, -0.15) is 0 Å². The number of amides is 2. The number of hydrogen-bond donors (Lipinski definition) is 0. The van der Waals surface area contributed by atoms with Gasteiger partial charge in [0.1, 0.15) is 5.78 Å². The third kappa shape index (κ3) is 2.08. The third-order valence-electron chi connectivity index (χ3n) is 2.83. The Kier molecular flexibility index (Phi) is 3.56. The monoisotopic (exact) mass is 311 g/mol. The highest BCUT2D eigenvalue weighted by molar-refractivity contribution is 9.09. The van der Waals surface area contributed by atoms with Gasteiger partial charge in [0.2, 0.25) is 0 Å². The number of hydrogen-bond acceptors (Lipinski definition) is 4. The Hall–Kier alpha value is -1.56. The van der Waals surface area contributed by atoms with Crippen molar-refractivity contribution in [1.82, 2.24) is 4.90 Å². The first-order chi connectivity index (χ1) is 8.56. The average Bonchev–Trinajstić information content (AvgIpc) is 2.60. The number of carbonyl (C=O) groups is 4. The molecule has 1 heterocycles. The second-order valence-electron chi connectivity index (χ2n) is 4.00. The third-order valence-corrected chi connectivity index (χ3v) is 3.46. The Morgan fingerprint density at radius 2 is 2.00 bits per heavy atom. The fourth-order valence-corrected chi connectivity index (χ4v) is 2.19. The second-order valence-corrected chi connectivity index (χ2v) is 4.56. The number of ketones is 2. The second kappa shape index (κ2) is 4.97. The number of rotatable bonds is 4. The van der Waals surface area contributed by atoms with Crippen LogP contribution in [0, 0.1) is 0 Å². The number of Topliss-reactive ketones (excluding diaryl/α,β-unsaturated/α-hetero) is 2. The van der Waals surface area contributed by atoms with Crippen LogP contribution in [0.3, 0.4) is 0 Å². The van der Waals surface area contributed by atoms with Crippen LogP contribution >= 0.6 is 15.9 Å². The van der Waals surface area contributed by atoms with Crippen LogP contribution in [0.5, 0.6) is 0 Å². The van der Waals surface area contributed by atoms with E-state index < -0.39 is 11.8 Å². The number of nitrogens with zero attached hydrogens (tertiary/aromatic N) is 1. The van der Waals surface area contributed by atoms with Gasteiger partial charge in [-0.05, 0) is 0 Å². The predicted octanol–water partition coefficient (Wildman–Crippen LogP) is 0.535. The highest BCUT2D eigenvalue weighted by Crippen LogP contribution is 2.26. The zero-order chi connectivity index (χ0) is 13.3. The average molecular weight is 312 g/mol. The summed E-state index contributed by atoms with van der Waals surface area (Å²) in [6.45, 7) is 0.0240. The molecule has 0 spiro atoms. The van der Waals surface area contributed by atoms with Crippen LogP contribution in [-0.4, -0.2) is 40.2 Å². The molecule has 2 amide bonds. The van der Waals surface area contributed by atoms with Gasteiger partial charge in [-0.15, -0.1) is 0 Å². The SMILES string of the molecule is O=C(CBr)CCN1C(=O)C2=C(C(=O)CC=C2)C1=O. The topological polar surface area (TPSA) is 71.5 Å². The molecule has 0 radical (unpaired) electrons. The molecule has 0 saturated heterocycles. The predicted molar refractivity (Wildman–Crippen MR) is 65.9 cm³/mol. The summed E-state index contributed by atoms with van der Waals surface area (Å²) in [7, 11) is 0. The van der Waals surface area contributed by atoms with E-state index >= 15 is 0 Å². The molecule has 94 valence electrons. The van der Waals surface area contributed by atoms with Gasteiger partial charge in [0, 0.05) is 19.4 Å². The van der Waals surface area contributed by atoms with Crippen molar-refractivity contribution in [3.63, 3.8) is 0 Å². The van der Waals surface area contributed by atoms with Crippen molar-refractivity contribution < 1.29 is 19.2 Å². The summed E-state index contributed by atoms with van der Waals surface area (Å²) in [6.07, 6.45) is 3.32. The van der Waals surface area contributed by atoms with Gasteiger partial charge in [0.15, 0.2) is 5.78 Å². The van der Waals surface area contributed by atoms with Crippen LogP contribution in [0.25, 0.3) is 0 Å². The number of halogens is 1. The lowest BCUT2D eigenvalue weighted by molar-refractivity contribution is -0.137. The normalized spacial score (nSPS) is 18.7. The quantitative estimate of drug-likeness (QED) is 0.431. The Morgan fingerprint density at radius 3 is 2.61 bits per heavy atom. The molecule has 18 heavy (non-hydrogen) atoms. The van der Waals surface area contributed by atoms with Gasteiger partial charge in [-0.3, -0.25) is 24.1 Å². The molecule has 0 aromatic carbocycles. The van der Waals surface area contributed by atoms with Crippen LogP contribution in [0.4, 0.5) is 0 Å². The highest BCUT2D eigenvalue weighted by Gasteiger charge is 2.40. The van der Waals surface area contributed by atoms with Gasteiger partial charge < -0.3 is 0 Å². The lowest BCUT2D eigenvalue weighted by Gasteiger charge is -2.13.